The molecule has 1 N–H and O–H groups in total. The molecule has 0 bridgehead atoms. The molecule has 0 unspecified atom stereocenters. The topological polar surface area (TPSA) is 80.1 Å². The van der Waals surface area contributed by atoms with Crippen LogP contribution < -0.4 is 5.32 Å². The highest BCUT2D eigenvalue weighted by Crippen LogP contribution is 2.26. The van der Waals surface area contributed by atoms with Gasteiger partial charge in [-0.1, -0.05) is 28.1 Å². The number of carbonyl (C=O) groups excluding carboxylic acids is 2. The predicted octanol–water partition coefficient (Wildman–Crippen LogP) is 3.01. The van der Waals surface area contributed by atoms with Gasteiger partial charge in [0.1, 0.15) is 0 Å². The second-order valence-electron chi connectivity index (χ2n) is 4.95. The largest absolute Gasteiger partial charge is 0.465 e. The summed E-state index contributed by atoms with van der Waals surface area (Å²) in [6.07, 6.45) is 1.51. The van der Waals surface area contributed by atoms with Crippen LogP contribution in [0.3, 0.4) is 0 Å². The number of nitrogens with one attached hydrogen (secondary N) is 1. The number of hydrogen-bond donors (Lipinski definition) is 1. The van der Waals surface area contributed by atoms with Gasteiger partial charge in [0, 0.05) is 10.0 Å². The lowest BCUT2D eigenvalue weighted by Crippen LogP contribution is -2.13. The van der Waals surface area contributed by atoms with E-state index in [9.17, 15) is 9.59 Å². The molecule has 0 aromatic heterocycles. The molecule has 0 saturated heterocycles. The Bertz CT molecular complexity index is 873. The zero-order valence-corrected chi connectivity index (χ0v) is 14.2. The molecule has 0 saturated carbocycles. The van der Waals surface area contributed by atoms with Gasteiger partial charge < -0.3 is 10.1 Å². The van der Waals surface area contributed by atoms with E-state index in [1.54, 1.807) is 30.3 Å². The number of fused-ring (bicyclic) bond motifs is 1. The second kappa shape index (κ2) is 6.76. The molecular weight excluding hydrogens is 374 g/mol. The summed E-state index contributed by atoms with van der Waals surface area (Å²) in [6.45, 7) is 0. The molecule has 1 heterocycles. The fraction of sp³-hybridized carbons (Fsp3) is 0.0588. The van der Waals surface area contributed by atoms with Crippen molar-refractivity contribution in [1.29, 1.82) is 0 Å². The van der Waals surface area contributed by atoms with Gasteiger partial charge in [0.25, 0.3) is 5.91 Å². The Morgan fingerprint density at radius 1 is 1.21 bits per heavy atom. The molecule has 2 aromatic carbocycles. The number of hydrogen-bond acceptors (Lipinski definition) is 5. The van der Waals surface area contributed by atoms with Crippen LogP contribution in [0, 0.1) is 0 Å². The van der Waals surface area contributed by atoms with Gasteiger partial charge in [-0.25, -0.2) is 4.79 Å². The Kier molecular flexibility index (Phi) is 4.52. The van der Waals surface area contributed by atoms with Crippen LogP contribution in [0.15, 0.2) is 57.1 Å². The summed E-state index contributed by atoms with van der Waals surface area (Å²) in [7, 11) is 1.33. The van der Waals surface area contributed by atoms with Crippen LogP contribution in [0.5, 0.6) is 0 Å². The molecule has 24 heavy (non-hydrogen) atoms. The third kappa shape index (κ3) is 3.26. The van der Waals surface area contributed by atoms with Crippen LogP contribution in [0.25, 0.3) is 0 Å². The Labute approximate surface area is 146 Å². The maximum atomic E-state index is 12.0. The number of nitrogens with zero attached hydrogens (tertiary/aromatic N) is 2. The Hall–Kier alpha value is -2.80. The number of amides is 1. The number of rotatable bonds is 3. The molecule has 7 heteroatoms. The lowest BCUT2D eigenvalue weighted by Gasteiger charge is -1.98. The van der Waals surface area contributed by atoms with E-state index in [4.69, 9.17) is 0 Å². The number of methoxy groups -OCH3 is 1. The number of ether oxygens (including phenoxy) is 1. The van der Waals surface area contributed by atoms with Gasteiger partial charge in [-0.05, 0) is 35.9 Å². The molecule has 0 radical (unpaired) electrons. The standard InChI is InChI=1S/C17H12BrN3O3/c1-24-17(23)11-4-2-10(3-5-11)9-19-21-15-13-8-12(18)6-7-14(13)20-16(15)22/h2-9H,1H3,(H,20,21,22)/b19-9-. The van der Waals surface area contributed by atoms with Crippen molar-refractivity contribution in [2.24, 2.45) is 10.2 Å². The first-order valence-corrected chi connectivity index (χ1v) is 7.78. The molecule has 1 amide bonds. The highest BCUT2D eigenvalue weighted by molar-refractivity contribution is 9.10. The van der Waals surface area contributed by atoms with Crippen molar-refractivity contribution in [2.75, 3.05) is 12.4 Å². The van der Waals surface area contributed by atoms with Crippen molar-refractivity contribution in [1.82, 2.24) is 0 Å². The van der Waals surface area contributed by atoms with Crippen LogP contribution in [-0.4, -0.2) is 30.9 Å². The minimum atomic E-state index is -0.399. The average Bonchev–Trinajstić information content (AvgIpc) is 2.90. The molecule has 6 nitrogen and oxygen atoms in total. The van der Waals surface area contributed by atoms with Crippen LogP contribution in [0.1, 0.15) is 21.5 Å². The molecule has 1 aliphatic heterocycles. The Balaban J connectivity index is 1.81. The van der Waals surface area contributed by atoms with E-state index in [2.05, 4.69) is 36.2 Å². The summed E-state index contributed by atoms with van der Waals surface area (Å²) in [5, 5.41) is 10.7. The average molecular weight is 386 g/mol. The van der Waals surface area contributed by atoms with Crippen molar-refractivity contribution in [3.63, 3.8) is 0 Å². The van der Waals surface area contributed by atoms with Crippen LogP contribution in [-0.2, 0) is 9.53 Å². The number of halogens is 1. The van der Waals surface area contributed by atoms with E-state index in [1.165, 1.54) is 13.3 Å². The van der Waals surface area contributed by atoms with Gasteiger partial charge in [0.15, 0.2) is 5.71 Å². The third-order valence-corrected chi connectivity index (χ3v) is 3.89. The number of benzene rings is 2. The zero-order valence-electron chi connectivity index (χ0n) is 12.6. The van der Waals surface area contributed by atoms with E-state index in [-0.39, 0.29) is 11.6 Å². The molecule has 120 valence electrons. The molecule has 3 rings (SSSR count). The van der Waals surface area contributed by atoms with Crippen molar-refractivity contribution >= 4 is 45.4 Å². The Morgan fingerprint density at radius 3 is 2.67 bits per heavy atom. The smallest absolute Gasteiger partial charge is 0.337 e. The second-order valence-corrected chi connectivity index (χ2v) is 5.87. The van der Waals surface area contributed by atoms with Gasteiger partial charge in [-0.15, -0.1) is 5.10 Å². The lowest BCUT2D eigenvalue weighted by molar-refractivity contribution is -0.110. The van der Waals surface area contributed by atoms with Gasteiger partial charge >= 0.3 is 5.97 Å². The first-order valence-electron chi connectivity index (χ1n) is 6.99. The first-order chi connectivity index (χ1) is 11.6. The van der Waals surface area contributed by atoms with Gasteiger partial charge in [-0.3, -0.25) is 4.79 Å². The predicted molar refractivity (Wildman–Crippen MR) is 94.7 cm³/mol. The maximum Gasteiger partial charge on any atom is 0.337 e. The molecular formula is C17H12BrN3O3. The number of anilines is 1. The molecule has 0 fully saturated rings. The number of esters is 1. The summed E-state index contributed by atoms with van der Waals surface area (Å²) >= 11 is 3.37. The van der Waals surface area contributed by atoms with Crippen molar-refractivity contribution < 1.29 is 14.3 Å². The van der Waals surface area contributed by atoms with E-state index in [0.717, 1.165) is 10.0 Å². The quantitative estimate of drug-likeness (QED) is 0.500. The van der Waals surface area contributed by atoms with E-state index >= 15 is 0 Å². The fourth-order valence-corrected chi connectivity index (χ4v) is 2.56. The minimum absolute atomic E-state index is 0.258. The monoisotopic (exact) mass is 385 g/mol. The maximum absolute atomic E-state index is 12.0. The van der Waals surface area contributed by atoms with Crippen molar-refractivity contribution in [2.45, 2.75) is 0 Å². The SMILES string of the molecule is COC(=O)c1ccc(/C=N\N=C2/C(=O)Nc3ccc(Br)cc32)cc1. The van der Waals surface area contributed by atoms with Gasteiger partial charge in [0.2, 0.25) is 0 Å². The highest BCUT2D eigenvalue weighted by Gasteiger charge is 2.26. The lowest BCUT2D eigenvalue weighted by atomic mass is 10.1. The van der Waals surface area contributed by atoms with Gasteiger partial charge in [0.05, 0.1) is 24.6 Å². The van der Waals surface area contributed by atoms with E-state index in [1.807, 2.05) is 12.1 Å². The van der Waals surface area contributed by atoms with Crippen LogP contribution in [0.2, 0.25) is 0 Å². The molecule has 1 aliphatic rings. The third-order valence-electron chi connectivity index (χ3n) is 3.40. The summed E-state index contributed by atoms with van der Waals surface area (Å²) in [5.74, 6) is -0.690. The first kappa shape index (κ1) is 16.1. The summed E-state index contributed by atoms with van der Waals surface area (Å²) in [5.41, 5.74) is 2.87. The summed E-state index contributed by atoms with van der Waals surface area (Å²) in [4.78, 5) is 23.3. The van der Waals surface area contributed by atoms with E-state index < -0.39 is 5.97 Å². The van der Waals surface area contributed by atoms with E-state index in [0.29, 0.717) is 16.8 Å². The molecule has 0 spiro atoms. The zero-order chi connectivity index (χ0) is 17.1. The highest BCUT2D eigenvalue weighted by atomic mass is 79.9. The summed E-state index contributed by atoms with van der Waals surface area (Å²) < 4.78 is 5.49. The molecule has 2 aromatic rings. The van der Waals surface area contributed by atoms with Crippen LogP contribution >= 0.6 is 15.9 Å². The van der Waals surface area contributed by atoms with Crippen molar-refractivity contribution in [3.8, 4) is 0 Å². The normalized spacial score (nSPS) is 14.8. The molecule has 0 atom stereocenters. The number of carbonyl (C=O) groups is 2. The van der Waals surface area contributed by atoms with Crippen LogP contribution in [0.4, 0.5) is 5.69 Å². The molecule has 0 aliphatic carbocycles. The minimum Gasteiger partial charge on any atom is -0.465 e. The summed E-state index contributed by atoms with van der Waals surface area (Å²) in [6, 6.07) is 12.2. The van der Waals surface area contributed by atoms with Gasteiger partial charge in [-0.2, -0.15) is 5.10 Å². The Morgan fingerprint density at radius 2 is 1.96 bits per heavy atom. The fourth-order valence-electron chi connectivity index (χ4n) is 2.20. The van der Waals surface area contributed by atoms with Crippen molar-refractivity contribution in [3.05, 3.63) is 63.6 Å².